The summed E-state index contributed by atoms with van der Waals surface area (Å²) in [5, 5.41) is 3.27. The molecule has 0 saturated heterocycles. The molecule has 0 atom stereocenters. The predicted octanol–water partition coefficient (Wildman–Crippen LogP) is 3.04. The summed E-state index contributed by atoms with van der Waals surface area (Å²) < 4.78 is 0. The molecule has 0 aliphatic rings. The van der Waals surface area contributed by atoms with E-state index in [0.717, 1.165) is 0 Å². The lowest BCUT2D eigenvalue weighted by molar-refractivity contribution is 0.609. The number of thioether (sulfide) groups is 1. The third kappa shape index (κ3) is 3.41. The molecule has 0 fully saturated rings. The number of benzene rings is 1. The van der Waals surface area contributed by atoms with Crippen LogP contribution in [0.1, 0.15) is 19.4 Å². The molecule has 72 valence electrons. The molecule has 0 heterocycles. The van der Waals surface area contributed by atoms with E-state index >= 15 is 0 Å². The van der Waals surface area contributed by atoms with Crippen LogP contribution in [0.4, 0.5) is 0 Å². The van der Waals surface area contributed by atoms with Gasteiger partial charge in [-0.25, -0.2) is 0 Å². The lowest BCUT2D eigenvalue weighted by Crippen LogP contribution is -2.31. The van der Waals surface area contributed by atoms with Gasteiger partial charge < -0.3 is 5.32 Å². The van der Waals surface area contributed by atoms with Crippen LogP contribution in [0, 0.1) is 6.92 Å². The van der Waals surface area contributed by atoms with Crippen molar-refractivity contribution >= 4 is 11.8 Å². The number of hydrogen-bond acceptors (Lipinski definition) is 2. The summed E-state index contributed by atoms with van der Waals surface area (Å²) in [7, 11) is 1.99. The van der Waals surface area contributed by atoms with E-state index in [1.54, 1.807) is 0 Å². The van der Waals surface area contributed by atoms with Crippen molar-refractivity contribution in [2.75, 3.05) is 7.05 Å². The minimum Gasteiger partial charge on any atom is -0.306 e. The number of rotatable bonds is 3. The van der Waals surface area contributed by atoms with Gasteiger partial charge in [0.2, 0.25) is 0 Å². The number of aryl methyl sites for hydroxylation is 1. The van der Waals surface area contributed by atoms with E-state index in [0.29, 0.717) is 0 Å². The third-order valence-corrected chi connectivity index (χ3v) is 3.22. The fourth-order valence-electron chi connectivity index (χ4n) is 0.952. The number of hydrogen-bond donors (Lipinski definition) is 1. The van der Waals surface area contributed by atoms with Crippen molar-refractivity contribution in [2.45, 2.75) is 30.5 Å². The van der Waals surface area contributed by atoms with Crippen molar-refractivity contribution in [2.24, 2.45) is 0 Å². The zero-order valence-corrected chi connectivity index (χ0v) is 9.53. The molecule has 0 radical (unpaired) electrons. The Morgan fingerprint density at radius 3 is 2.15 bits per heavy atom. The summed E-state index contributed by atoms with van der Waals surface area (Å²) in [5.41, 5.74) is 1.31. The molecule has 1 nitrogen and oxygen atoms in total. The maximum atomic E-state index is 3.27. The van der Waals surface area contributed by atoms with Crippen LogP contribution in [0.5, 0.6) is 0 Å². The lowest BCUT2D eigenvalue weighted by Gasteiger charge is -2.23. The average Bonchev–Trinajstić information content (AvgIpc) is 2.09. The molecule has 1 aromatic rings. The van der Waals surface area contributed by atoms with Crippen molar-refractivity contribution < 1.29 is 0 Å². The van der Waals surface area contributed by atoms with Crippen LogP contribution in [0.2, 0.25) is 0 Å². The highest BCUT2D eigenvalue weighted by Gasteiger charge is 2.15. The summed E-state index contributed by atoms with van der Waals surface area (Å²) in [5.74, 6) is 0. The second-order valence-corrected chi connectivity index (χ2v) is 5.37. The fourth-order valence-corrected chi connectivity index (χ4v) is 1.92. The van der Waals surface area contributed by atoms with E-state index in [2.05, 4.69) is 50.4 Å². The van der Waals surface area contributed by atoms with Gasteiger partial charge in [0.1, 0.15) is 0 Å². The van der Waals surface area contributed by atoms with Gasteiger partial charge in [-0.2, -0.15) is 0 Å². The molecular formula is C11H17NS. The SMILES string of the molecule is CNC(C)(C)Sc1ccc(C)cc1. The van der Waals surface area contributed by atoms with Gasteiger partial charge in [-0.1, -0.05) is 17.7 Å². The van der Waals surface area contributed by atoms with Gasteiger partial charge in [-0.05, 0) is 40.0 Å². The molecule has 1 N–H and O–H groups in total. The summed E-state index contributed by atoms with van der Waals surface area (Å²) in [6.07, 6.45) is 0. The van der Waals surface area contributed by atoms with Crippen molar-refractivity contribution in [3.63, 3.8) is 0 Å². The zero-order valence-electron chi connectivity index (χ0n) is 8.72. The second kappa shape index (κ2) is 4.16. The maximum absolute atomic E-state index is 3.27. The molecular weight excluding hydrogens is 178 g/mol. The zero-order chi connectivity index (χ0) is 9.90. The third-order valence-electron chi connectivity index (χ3n) is 2.00. The molecule has 0 unspecified atom stereocenters. The van der Waals surface area contributed by atoms with Crippen molar-refractivity contribution in [1.82, 2.24) is 5.32 Å². The Bertz CT molecular complexity index is 264. The maximum Gasteiger partial charge on any atom is 0.0632 e. The van der Waals surface area contributed by atoms with E-state index in [-0.39, 0.29) is 4.87 Å². The topological polar surface area (TPSA) is 12.0 Å². The van der Waals surface area contributed by atoms with Crippen molar-refractivity contribution in [1.29, 1.82) is 0 Å². The quantitative estimate of drug-likeness (QED) is 0.587. The van der Waals surface area contributed by atoms with Gasteiger partial charge in [0.25, 0.3) is 0 Å². The summed E-state index contributed by atoms with van der Waals surface area (Å²) in [6.45, 7) is 6.46. The molecule has 0 aromatic heterocycles. The highest BCUT2D eigenvalue weighted by Crippen LogP contribution is 2.29. The van der Waals surface area contributed by atoms with Gasteiger partial charge in [0.05, 0.1) is 4.87 Å². The Hall–Kier alpha value is -0.470. The standard InChI is InChI=1S/C11H17NS/c1-9-5-7-10(8-6-9)13-11(2,3)12-4/h5-8,12H,1-4H3. The van der Waals surface area contributed by atoms with Gasteiger partial charge in [-0.15, -0.1) is 11.8 Å². The fraction of sp³-hybridized carbons (Fsp3) is 0.455. The Labute approximate surface area is 84.9 Å². The van der Waals surface area contributed by atoms with Gasteiger partial charge >= 0.3 is 0 Å². The number of nitrogens with one attached hydrogen (secondary N) is 1. The molecule has 0 spiro atoms. The van der Waals surface area contributed by atoms with Crippen LogP contribution in [0.15, 0.2) is 29.2 Å². The van der Waals surface area contributed by atoms with E-state index in [4.69, 9.17) is 0 Å². The lowest BCUT2D eigenvalue weighted by atomic mass is 10.2. The summed E-state index contributed by atoms with van der Waals surface area (Å²) in [6, 6.07) is 8.63. The van der Waals surface area contributed by atoms with Crippen LogP contribution < -0.4 is 5.32 Å². The second-order valence-electron chi connectivity index (χ2n) is 3.68. The van der Waals surface area contributed by atoms with Crippen LogP contribution in [-0.4, -0.2) is 11.9 Å². The minimum atomic E-state index is 0.106. The Kier molecular flexibility index (Phi) is 3.40. The largest absolute Gasteiger partial charge is 0.306 e. The first-order valence-corrected chi connectivity index (χ1v) is 5.30. The molecule has 0 aliphatic carbocycles. The normalized spacial score (nSPS) is 11.7. The van der Waals surface area contributed by atoms with E-state index in [1.807, 2.05) is 18.8 Å². The van der Waals surface area contributed by atoms with Crippen LogP contribution in [0.3, 0.4) is 0 Å². The van der Waals surface area contributed by atoms with Crippen molar-refractivity contribution in [3.8, 4) is 0 Å². The molecule has 0 saturated carbocycles. The molecule has 1 aromatic carbocycles. The van der Waals surface area contributed by atoms with E-state index in [1.165, 1.54) is 10.5 Å². The molecule has 0 amide bonds. The molecule has 1 rings (SSSR count). The van der Waals surface area contributed by atoms with Crippen LogP contribution >= 0.6 is 11.8 Å². The van der Waals surface area contributed by atoms with Gasteiger partial charge in [0.15, 0.2) is 0 Å². The van der Waals surface area contributed by atoms with Gasteiger partial charge in [0, 0.05) is 4.90 Å². The summed E-state index contributed by atoms with van der Waals surface area (Å²) >= 11 is 1.84. The average molecular weight is 195 g/mol. The van der Waals surface area contributed by atoms with Gasteiger partial charge in [-0.3, -0.25) is 0 Å². The Balaban J connectivity index is 2.69. The molecule has 13 heavy (non-hydrogen) atoms. The monoisotopic (exact) mass is 195 g/mol. The first-order chi connectivity index (χ1) is 6.03. The molecule has 0 bridgehead atoms. The van der Waals surface area contributed by atoms with E-state index in [9.17, 15) is 0 Å². The predicted molar refractivity (Wildman–Crippen MR) is 60.2 cm³/mol. The first-order valence-electron chi connectivity index (χ1n) is 4.48. The summed E-state index contributed by atoms with van der Waals surface area (Å²) in [4.78, 5) is 1.42. The van der Waals surface area contributed by atoms with Crippen molar-refractivity contribution in [3.05, 3.63) is 29.8 Å². The smallest absolute Gasteiger partial charge is 0.0632 e. The minimum absolute atomic E-state index is 0.106. The molecule has 0 aliphatic heterocycles. The first kappa shape index (κ1) is 10.6. The van der Waals surface area contributed by atoms with Crippen LogP contribution in [0.25, 0.3) is 0 Å². The van der Waals surface area contributed by atoms with Crippen LogP contribution in [-0.2, 0) is 0 Å². The highest BCUT2D eigenvalue weighted by atomic mass is 32.2. The highest BCUT2D eigenvalue weighted by molar-refractivity contribution is 8.00. The Morgan fingerprint density at radius 2 is 1.69 bits per heavy atom. The molecule has 2 heteroatoms. The Morgan fingerprint density at radius 1 is 1.15 bits per heavy atom. The van der Waals surface area contributed by atoms with E-state index < -0.39 is 0 Å².